The molecule has 1 amide bonds. The van der Waals surface area contributed by atoms with E-state index in [2.05, 4.69) is 23.7 Å². The zero-order valence-corrected chi connectivity index (χ0v) is 13.4. The topological polar surface area (TPSA) is 36.4 Å². The predicted molar refractivity (Wildman–Crippen MR) is 85.4 cm³/mol. The molecule has 0 spiro atoms. The number of carbonyl (C=O) groups is 1. The Morgan fingerprint density at radius 2 is 2.00 bits per heavy atom. The largest absolute Gasteiger partial charge is 0.302 e. The molecule has 0 N–H and O–H groups in total. The lowest BCUT2D eigenvalue weighted by molar-refractivity contribution is -0.116. The Balaban J connectivity index is 2.24. The number of nitrogens with zero attached hydrogens (tertiary/aromatic N) is 3. The molecule has 0 fully saturated rings. The monoisotopic (exact) mass is 309 g/mol. The summed E-state index contributed by atoms with van der Waals surface area (Å²) in [4.78, 5) is 20.0. The van der Waals surface area contributed by atoms with Gasteiger partial charge in [-0.05, 0) is 25.2 Å². The summed E-state index contributed by atoms with van der Waals surface area (Å²) in [5.41, 5.74) is 0.339. The molecule has 0 radical (unpaired) electrons. The Bertz CT molecular complexity index is 624. The van der Waals surface area contributed by atoms with Gasteiger partial charge in [-0.25, -0.2) is 9.37 Å². The fourth-order valence-electron chi connectivity index (χ4n) is 2.19. The molecule has 21 heavy (non-hydrogen) atoms. The Morgan fingerprint density at radius 1 is 1.29 bits per heavy atom. The lowest BCUT2D eigenvalue weighted by Crippen LogP contribution is -2.37. The van der Waals surface area contributed by atoms with Gasteiger partial charge in [0.15, 0.2) is 5.13 Å². The summed E-state index contributed by atoms with van der Waals surface area (Å²) in [6, 6.07) is 4.87. The van der Waals surface area contributed by atoms with E-state index in [9.17, 15) is 9.18 Å². The number of anilines is 1. The fraction of sp³-hybridized carbons (Fsp3) is 0.467. The minimum atomic E-state index is -0.345. The molecule has 0 unspecified atom stereocenters. The number of carbonyl (C=O) groups excluding carboxylic acids is 1. The number of benzene rings is 1. The number of thiazole rings is 1. The van der Waals surface area contributed by atoms with Crippen LogP contribution < -0.4 is 4.90 Å². The van der Waals surface area contributed by atoms with Crippen molar-refractivity contribution in [3.8, 4) is 0 Å². The van der Waals surface area contributed by atoms with E-state index < -0.39 is 0 Å². The molecule has 2 aromatic rings. The first kappa shape index (κ1) is 15.9. The SMILES string of the molecule is CCN(CC)CCN(C(C)=O)c1nc2c(F)cccc2s1. The quantitative estimate of drug-likeness (QED) is 0.822. The van der Waals surface area contributed by atoms with Crippen LogP contribution in [0.25, 0.3) is 10.2 Å². The molecule has 6 heteroatoms. The third kappa shape index (κ3) is 3.57. The Labute approximate surface area is 128 Å². The fourth-order valence-corrected chi connectivity index (χ4v) is 3.24. The molecule has 114 valence electrons. The third-order valence-electron chi connectivity index (χ3n) is 3.50. The third-order valence-corrected chi connectivity index (χ3v) is 4.55. The van der Waals surface area contributed by atoms with E-state index in [0.717, 1.165) is 24.3 Å². The van der Waals surface area contributed by atoms with Crippen molar-refractivity contribution in [2.24, 2.45) is 0 Å². The van der Waals surface area contributed by atoms with E-state index in [1.165, 1.54) is 24.3 Å². The molecule has 0 bridgehead atoms. The number of amides is 1. The van der Waals surface area contributed by atoms with Crippen molar-refractivity contribution in [2.45, 2.75) is 20.8 Å². The van der Waals surface area contributed by atoms with E-state index in [1.54, 1.807) is 11.0 Å². The summed E-state index contributed by atoms with van der Waals surface area (Å²) in [5, 5.41) is 0.565. The van der Waals surface area contributed by atoms with Gasteiger partial charge in [0.2, 0.25) is 5.91 Å². The molecular weight excluding hydrogens is 289 g/mol. The van der Waals surface area contributed by atoms with Gasteiger partial charge in [-0.2, -0.15) is 0 Å². The summed E-state index contributed by atoms with van der Waals surface area (Å²) in [6.45, 7) is 8.94. The van der Waals surface area contributed by atoms with Crippen molar-refractivity contribution in [1.29, 1.82) is 0 Å². The van der Waals surface area contributed by atoms with Gasteiger partial charge in [-0.1, -0.05) is 31.3 Å². The molecule has 1 aromatic carbocycles. The van der Waals surface area contributed by atoms with Crippen LogP contribution in [0.2, 0.25) is 0 Å². The van der Waals surface area contributed by atoms with Crippen molar-refractivity contribution in [1.82, 2.24) is 9.88 Å². The van der Waals surface area contributed by atoms with Crippen LogP contribution in [0, 0.1) is 5.82 Å². The number of halogens is 1. The first-order chi connectivity index (χ1) is 10.1. The Morgan fingerprint density at radius 3 is 2.57 bits per heavy atom. The van der Waals surface area contributed by atoms with E-state index in [-0.39, 0.29) is 11.7 Å². The van der Waals surface area contributed by atoms with Crippen LogP contribution in [-0.2, 0) is 4.79 Å². The average Bonchev–Trinajstić information content (AvgIpc) is 2.88. The zero-order chi connectivity index (χ0) is 15.4. The maximum atomic E-state index is 13.7. The minimum Gasteiger partial charge on any atom is -0.302 e. The standard InChI is InChI=1S/C15H20FN3OS/c1-4-18(5-2)9-10-19(11(3)20)15-17-14-12(16)7-6-8-13(14)21-15/h6-8H,4-5,9-10H2,1-3H3. The number of fused-ring (bicyclic) bond motifs is 1. The smallest absolute Gasteiger partial charge is 0.225 e. The highest BCUT2D eigenvalue weighted by atomic mass is 32.1. The van der Waals surface area contributed by atoms with Gasteiger partial charge in [-0.15, -0.1) is 0 Å². The zero-order valence-electron chi connectivity index (χ0n) is 12.6. The first-order valence-electron chi connectivity index (χ1n) is 7.12. The molecule has 4 nitrogen and oxygen atoms in total. The first-order valence-corrected chi connectivity index (χ1v) is 7.94. The molecule has 0 atom stereocenters. The normalized spacial score (nSPS) is 11.3. The van der Waals surface area contributed by atoms with Gasteiger partial charge in [0, 0.05) is 20.0 Å². The lowest BCUT2D eigenvalue weighted by atomic mass is 10.3. The Kier molecular flexibility index (Phi) is 5.25. The van der Waals surface area contributed by atoms with Crippen molar-refractivity contribution in [3.63, 3.8) is 0 Å². The summed E-state index contributed by atoms with van der Waals surface area (Å²) >= 11 is 1.35. The van der Waals surface area contributed by atoms with Crippen molar-refractivity contribution in [3.05, 3.63) is 24.0 Å². The molecule has 0 aliphatic heterocycles. The number of rotatable bonds is 6. The number of likely N-dealkylation sites (N-methyl/N-ethyl adjacent to an activating group) is 1. The van der Waals surface area contributed by atoms with Gasteiger partial charge in [0.05, 0.1) is 4.70 Å². The number of hydrogen-bond acceptors (Lipinski definition) is 4. The van der Waals surface area contributed by atoms with Crippen LogP contribution >= 0.6 is 11.3 Å². The van der Waals surface area contributed by atoms with Gasteiger partial charge in [-0.3, -0.25) is 9.69 Å². The van der Waals surface area contributed by atoms with Crippen LogP contribution in [0.15, 0.2) is 18.2 Å². The minimum absolute atomic E-state index is 0.0679. The summed E-state index contributed by atoms with van der Waals surface area (Å²) in [7, 11) is 0. The van der Waals surface area contributed by atoms with Crippen LogP contribution in [0.4, 0.5) is 9.52 Å². The van der Waals surface area contributed by atoms with E-state index in [1.807, 2.05) is 6.07 Å². The summed E-state index contributed by atoms with van der Waals surface area (Å²) < 4.78 is 14.5. The van der Waals surface area contributed by atoms with Crippen LogP contribution in [0.3, 0.4) is 0 Å². The van der Waals surface area contributed by atoms with Crippen molar-refractivity contribution >= 4 is 32.6 Å². The second kappa shape index (κ2) is 6.95. The number of aromatic nitrogens is 1. The van der Waals surface area contributed by atoms with Gasteiger partial charge in [0.1, 0.15) is 11.3 Å². The predicted octanol–water partition coefficient (Wildman–Crippen LogP) is 3.13. The highest BCUT2D eigenvalue weighted by Gasteiger charge is 2.18. The van der Waals surface area contributed by atoms with Crippen molar-refractivity contribution in [2.75, 3.05) is 31.1 Å². The molecule has 1 aromatic heterocycles. The second-order valence-electron chi connectivity index (χ2n) is 4.78. The van der Waals surface area contributed by atoms with Crippen LogP contribution in [0.5, 0.6) is 0 Å². The number of hydrogen-bond donors (Lipinski definition) is 0. The van der Waals surface area contributed by atoms with Gasteiger partial charge in [0.25, 0.3) is 0 Å². The van der Waals surface area contributed by atoms with Gasteiger partial charge >= 0.3 is 0 Å². The summed E-state index contributed by atoms with van der Waals surface area (Å²) in [5.74, 6) is -0.413. The van der Waals surface area contributed by atoms with E-state index in [4.69, 9.17) is 0 Å². The highest BCUT2D eigenvalue weighted by Crippen LogP contribution is 2.30. The maximum absolute atomic E-state index is 13.7. The van der Waals surface area contributed by atoms with Gasteiger partial charge < -0.3 is 4.90 Å². The van der Waals surface area contributed by atoms with E-state index in [0.29, 0.717) is 17.2 Å². The maximum Gasteiger partial charge on any atom is 0.225 e. The van der Waals surface area contributed by atoms with Crippen LogP contribution in [-0.4, -0.2) is 42.0 Å². The molecule has 0 saturated carbocycles. The number of para-hydroxylation sites is 1. The average molecular weight is 309 g/mol. The lowest BCUT2D eigenvalue weighted by Gasteiger charge is -2.23. The molecule has 0 aliphatic carbocycles. The molecular formula is C15H20FN3OS. The summed E-state index contributed by atoms with van der Waals surface area (Å²) in [6.07, 6.45) is 0. The van der Waals surface area contributed by atoms with E-state index >= 15 is 0 Å². The van der Waals surface area contributed by atoms with Crippen LogP contribution in [0.1, 0.15) is 20.8 Å². The molecule has 1 heterocycles. The molecule has 0 saturated heterocycles. The second-order valence-corrected chi connectivity index (χ2v) is 5.79. The van der Waals surface area contributed by atoms with Crippen molar-refractivity contribution < 1.29 is 9.18 Å². The molecule has 0 aliphatic rings. The molecule has 2 rings (SSSR count). The Hall–Kier alpha value is -1.53. The highest BCUT2D eigenvalue weighted by molar-refractivity contribution is 7.22.